The monoisotopic (exact) mass is 316 g/mol. The molecule has 1 rings (SSSR count). The number of ether oxygens (including phenoxy) is 2. The first-order chi connectivity index (χ1) is 9.86. The van der Waals surface area contributed by atoms with Crippen molar-refractivity contribution >= 4 is 29.2 Å². The summed E-state index contributed by atoms with van der Waals surface area (Å²) in [5.74, 6) is -1.28. The SMILES string of the molecule is COC(=O)CCCOc1cc(C(N)=O)cc([N+](=O)[O-])c1Cl. The molecule has 0 saturated heterocycles. The maximum atomic E-state index is 11.1. The van der Waals surface area contributed by atoms with E-state index in [4.69, 9.17) is 22.1 Å². The van der Waals surface area contributed by atoms with Gasteiger partial charge in [-0.2, -0.15) is 0 Å². The fraction of sp³-hybridized carbons (Fsp3) is 0.333. The first-order valence-corrected chi connectivity index (χ1v) is 6.22. The number of benzene rings is 1. The molecule has 0 aliphatic carbocycles. The number of nitro groups is 1. The summed E-state index contributed by atoms with van der Waals surface area (Å²) >= 11 is 5.84. The molecule has 1 aromatic rings. The predicted octanol–water partition coefficient (Wildman–Crippen LogP) is 1.68. The van der Waals surface area contributed by atoms with Gasteiger partial charge in [0, 0.05) is 18.1 Å². The fourth-order valence-electron chi connectivity index (χ4n) is 1.46. The number of methoxy groups -OCH3 is 1. The standard InChI is InChI=1S/C12H13ClN2O6/c1-20-10(16)3-2-4-21-9-6-7(12(14)17)5-8(11(9)13)15(18)19/h5-6H,2-4H2,1H3,(H2,14,17). The Balaban J connectivity index is 2.87. The van der Waals surface area contributed by atoms with Crippen molar-refractivity contribution < 1.29 is 24.0 Å². The first-order valence-electron chi connectivity index (χ1n) is 5.84. The van der Waals surface area contributed by atoms with E-state index >= 15 is 0 Å². The lowest BCUT2D eigenvalue weighted by molar-refractivity contribution is -0.384. The number of rotatable bonds is 7. The summed E-state index contributed by atoms with van der Waals surface area (Å²) in [6, 6.07) is 2.20. The summed E-state index contributed by atoms with van der Waals surface area (Å²) in [4.78, 5) is 32.2. The Morgan fingerprint density at radius 2 is 2.10 bits per heavy atom. The van der Waals surface area contributed by atoms with Crippen LogP contribution < -0.4 is 10.5 Å². The van der Waals surface area contributed by atoms with Crippen molar-refractivity contribution in [2.75, 3.05) is 13.7 Å². The molecule has 0 atom stereocenters. The molecule has 0 fully saturated rings. The topological polar surface area (TPSA) is 122 Å². The number of carbonyl (C=O) groups is 2. The van der Waals surface area contributed by atoms with Crippen LogP contribution in [0.4, 0.5) is 5.69 Å². The molecule has 0 radical (unpaired) electrons. The van der Waals surface area contributed by atoms with E-state index in [0.717, 1.165) is 6.07 Å². The molecule has 0 aliphatic heterocycles. The van der Waals surface area contributed by atoms with Gasteiger partial charge in [0.2, 0.25) is 5.91 Å². The number of halogens is 1. The van der Waals surface area contributed by atoms with Gasteiger partial charge in [0.25, 0.3) is 5.69 Å². The maximum absolute atomic E-state index is 11.1. The number of carbonyl (C=O) groups excluding carboxylic acids is 2. The van der Waals surface area contributed by atoms with Gasteiger partial charge in [-0.3, -0.25) is 19.7 Å². The van der Waals surface area contributed by atoms with E-state index in [0.29, 0.717) is 6.42 Å². The van der Waals surface area contributed by atoms with Crippen LogP contribution in [-0.4, -0.2) is 30.5 Å². The molecule has 0 spiro atoms. The van der Waals surface area contributed by atoms with Crippen molar-refractivity contribution in [2.45, 2.75) is 12.8 Å². The Labute approximate surface area is 124 Å². The third kappa shape index (κ3) is 4.60. The highest BCUT2D eigenvalue weighted by molar-refractivity contribution is 6.34. The van der Waals surface area contributed by atoms with Crippen molar-refractivity contribution in [3.63, 3.8) is 0 Å². The lowest BCUT2D eigenvalue weighted by Crippen LogP contribution is -2.12. The molecular weight excluding hydrogens is 304 g/mol. The largest absolute Gasteiger partial charge is 0.492 e. The molecule has 0 aromatic heterocycles. The number of hydrogen-bond acceptors (Lipinski definition) is 6. The van der Waals surface area contributed by atoms with Crippen LogP contribution >= 0.6 is 11.6 Å². The zero-order valence-electron chi connectivity index (χ0n) is 11.1. The Kier molecular flexibility index (Phi) is 5.92. The number of amides is 1. The lowest BCUT2D eigenvalue weighted by Gasteiger charge is -2.09. The van der Waals surface area contributed by atoms with Crippen LogP contribution in [0.1, 0.15) is 23.2 Å². The van der Waals surface area contributed by atoms with Gasteiger partial charge in [-0.05, 0) is 12.5 Å². The molecule has 21 heavy (non-hydrogen) atoms. The molecule has 9 heteroatoms. The van der Waals surface area contributed by atoms with Crippen LogP contribution in [-0.2, 0) is 9.53 Å². The minimum Gasteiger partial charge on any atom is -0.492 e. The second-order valence-corrected chi connectivity index (χ2v) is 4.33. The summed E-state index contributed by atoms with van der Waals surface area (Å²) in [6.45, 7) is 0.0776. The Hall–Kier alpha value is -2.35. The molecule has 8 nitrogen and oxygen atoms in total. The summed E-state index contributed by atoms with van der Waals surface area (Å²) in [5, 5.41) is 10.6. The van der Waals surface area contributed by atoms with Crippen LogP contribution in [0.5, 0.6) is 5.75 Å². The number of nitrogens with zero attached hydrogens (tertiary/aromatic N) is 1. The van der Waals surface area contributed by atoms with E-state index in [2.05, 4.69) is 4.74 Å². The fourth-order valence-corrected chi connectivity index (χ4v) is 1.70. The number of hydrogen-bond donors (Lipinski definition) is 1. The van der Waals surface area contributed by atoms with E-state index in [1.54, 1.807) is 0 Å². The van der Waals surface area contributed by atoms with Crippen molar-refractivity contribution in [3.8, 4) is 5.75 Å². The predicted molar refractivity (Wildman–Crippen MR) is 73.4 cm³/mol. The quantitative estimate of drug-likeness (QED) is 0.353. The van der Waals surface area contributed by atoms with Crippen molar-refractivity contribution in [3.05, 3.63) is 32.8 Å². The minimum atomic E-state index is -0.839. The van der Waals surface area contributed by atoms with Crippen LogP contribution in [0.15, 0.2) is 12.1 Å². The zero-order valence-corrected chi connectivity index (χ0v) is 11.9. The third-order valence-corrected chi connectivity index (χ3v) is 2.89. The molecule has 0 saturated carbocycles. The highest BCUT2D eigenvalue weighted by Crippen LogP contribution is 2.35. The molecule has 2 N–H and O–H groups in total. The van der Waals surface area contributed by atoms with Gasteiger partial charge in [-0.1, -0.05) is 11.6 Å². The molecule has 0 bridgehead atoms. The normalized spacial score (nSPS) is 10.0. The Morgan fingerprint density at radius 1 is 1.43 bits per heavy atom. The van der Waals surface area contributed by atoms with E-state index in [9.17, 15) is 19.7 Å². The lowest BCUT2D eigenvalue weighted by atomic mass is 10.2. The Bertz CT molecular complexity index is 575. The molecule has 0 heterocycles. The van der Waals surface area contributed by atoms with E-state index < -0.39 is 22.5 Å². The molecule has 0 aliphatic rings. The second kappa shape index (κ2) is 7.44. The van der Waals surface area contributed by atoms with Crippen molar-refractivity contribution in [2.24, 2.45) is 5.73 Å². The highest BCUT2D eigenvalue weighted by atomic mass is 35.5. The van der Waals surface area contributed by atoms with Crippen molar-refractivity contribution in [1.29, 1.82) is 0 Å². The van der Waals surface area contributed by atoms with Crippen LogP contribution in [0, 0.1) is 10.1 Å². The molecular formula is C12H13ClN2O6. The number of esters is 1. The van der Waals surface area contributed by atoms with Gasteiger partial charge in [0.05, 0.1) is 18.6 Å². The van der Waals surface area contributed by atoms with Gasteiger partial charge in [-0.25, -0.2) is 0 Å². The highest BCUT2D eigenvalue weighted by Gasteiger charge is 2.21. The van der Waals surface area contributed by atoms with E-state index in [1.807, 2.05) is 0 Å². The van der Waals surface area contributed by atoms with E-state index in [-0.39, 0.29) is 29.4 Å². The van der Waals surface area contributed by atoms with Gasteiger partial charge >= 0.3 is 5.97 Å². The minimum absolute atomic E-state index is 0.0375. The average molecular weight is 317 g/mol. The zero-order chi connectivity index (χ0) is 16.0. The molecule has 1 amide bonds. The van der Waals surface area contributed by atoms with Crippen LogP contribution in [0.2, 0.25) is 5.02 Å². The summed E-state index contributed by atoms with van der Waals surface area (Å²) in [5.41, 5.74) is 4.53. The van der Waals surface area contributed by atoms with Gasteiger partial charge in [0.1, 0.15) is 5.75 Å². The molecule has 0 unspecified atom stereocenters. The van der Waals surface area contributed by atoms with Gasteiger partial charge in [0.15, 0.2) is 5.02 Å². The smallest absolute Gasteiger partial charge is 0.305 e. The summed E-state index contributed by atoms with van der Waals surface area (Å²) < 4.78 is 9.72. The molecule has 114 valence electrons. The number of primary amides is 1. The summed E-state index contributed by atoms with van der Waals surface area (Å²) in [6.07, 6.45) is 0.462. The Morgan fingerprint density at radius 3 is 2.62 bits per heavy atom. The molecule has 1 aromatic carbocycles. The van der Waals surface area contributed by atoms with Crippen molar-refractivity contribution in [1.82, 2.24) is 0 Å². The van der Waals surface area contributed by atoms with Crippen LogP contribution in [0.3, 0.4) is 0 Å². The first kappa shape index (κ1) is 16.7. The second-order valence-electron chi connectivity index (χ2n) is 3.96. The van der Waals surface area contributed by atoms with Gasteiger partial charge < -0.3 is 15.2 Å². The summed E-state index contributed by atoms with van der Waals surface area (Å²) in [7, 11) is 1.26. The van der Waals surface area contributed by atoms with E-state index in [1.165, 1.54) is 13.2 Å². The average Bonchev–Trinajstić information content (AvgIpc) is 2.43. The third-order valence-electron chi connectivity index (χ3n) is 2.51. The van der Waals surface area contributed by atoms with Crippen LogP contribution in [0.25, 0.3) is 0 Å². The number of nitrogens with two attached hydrogens (primary N) is 1. The number of nitro benzene ring substituents is 1. The van der Waals surface area contributed by atoms with Gasteiger partial charge in [-0.15, -0.1) is 0 Å². The maximum Gasteiger partial charge on any atom is 0.305 e.